The van der Waals surface area contributed by atoms with E-state index in [-0.39, 0.29) is 0 Å². The molecule has 1 unspecified atom stereocenters. The Labute approximate surface area is 164 Å². The third kappa shape index (κ3) is 3.88. The molecule has 0 aliphatic carbocycles. The first-order chi connectivity index (χ1) is 13.6. The van der Waals surface area contributed by atoms with Crippen LogP contribution in [-0.2, 0) is 11.2 Å². The molecule has 0 heterocycles. The van der Waals surface area contributed by atoms with Gasteiger partial charge in [0.15, 0.2) is 11.5 Å². The SMILES string of the molecule is CCOc1ccc2ccccc2c1CC(C(=O)O)c1ccc(OC)c(OC)c1. The van der Waals surface area contributed by atoms with E-state index >= 15 is 0 Å². The first-order valence-electron chi connectivity index (χ1n) is 9.17. The molecule has 0 aromatic heterocycles. The van der Waals surface area contributed by atoms with E-state index in [1.54, 1.807) is 25.3 Å². The zero-order valence-electron chi connectivity index (χ0n) is 16.3. The van der Waals surface area contributed by atoms with E-state index < -0.39 is 11.9 Å². The highest BCUT2D eigenvalue weighted by Gasteiger charge is 2.24. The first kappa shape index (κ1) is 19.5. The van der Waals surface area contributed by atoms with Crippen molar-refractivity contribution >= 4 is 16.7 Å². The highest BCUT2D eigenvalue weighted by Crippen LogP contribution is 2.36. The van der Waals surface area contributed by atoms with E-state index in [1.165, 1.54) is 7.11 Å². The van der Waals surface area contributed by atoms with E-state index in [0.29, 0.717) is 35.8 Å². The fourth-order valence-electron chi connectivity index (χ4n) is 3.44. The molecule has 0 aliphatic heterocycles. The number of carbonyl (C=O) groups is 1. The average molecular weight is 380 g/mol. The summed E-state index contributed by atoms with van der Waals surface area (Å²) in [6, 6.07) is 17.1. The summed E-state index contributed by atoms with van der Waals surface area (Å²) in [5, 5.41) is 12.0. The van der Waals surface area contributed by atoms with Gasteiger partial charge in [0.25, 0.3) is 0 Å². The Morgan fingerprint density at radius 1 is 0.964 bits per heavy atom. The molecule has 0 fully saturated rings. The summed E-state index contributed by atoms with van der Waals surface area (Å²) in [5.41, 5.74) is 1.54. The molecule has 0 saturated carbocycles. The minimum atomic E-state index is -0.900. The molecule has 146 valence electrons. The zero-order valence-corrected chi connectivity index (χ0v) is 16.3. The van der Waals surface area contributed by atoms with E-state index in [0.717, 1.165) is 16.3 Å². The Morgan fingerprint density at radius 3 is 2.36 bits per heavy atom. The summed E-state index contributed by atoms with van der Waals surface area (Å²) in [4.78, 5) is 12.2. The van der Waals surface area contributed by atoms with E-state index in [9.17, 15) is 9.90 Å². The lowest BCUT2D eigenvalue weighted by atomic mass is 9.89. The molecular formula is C23H24O5. The number of rotatable bonds is 8. The van der Waals surface area contributed by atoms with Gasteiger partial charge in [0.2, 0.25) is 0 Å². The van der Waals surface area contributed by atoms with E-state index in [2.05, 4.69) is 0 Å². The number of aliphatic carboxylic acids is 1. The van der Waals surface area contributed by atoms with Crippen molar-refractivity contribution in [3.63, 3.8) is 0 Å². The molecule has 0 aliphatic rings. The fourth-order valence-corrected chi connectivity index (χ4v) is 3.44. The molecule has 0 amide bonds. The Balaban J connectivity index is 2.09. The number of fused-ring (bicyclic) bond motifs is 1. The molecule has 0 spiro atoms. The number of carboxylic acids is 1. The molecule has 3 rings (SSSR count). The molecule has 0 saturated heterocycles. The summed E-state index contributed by atoms with van der Waals surface area (Å²) in [5.74, 6) is 0.144. The molecule has 5 nitrogen and oxygen atoms in total. The third-order valence-corrected chi connectivity index (χ3v) is 4.81. The van der Waals surface area contributed by atoms with Crippen LogP contribution in [0.3, 0.4) is 0 Å². The van der Waals surface area contributed by atoms with Crippen LogP contribution >= 0.6 is 0 Å². The number of methoxy groups -OCH3 is 2. The van der Waals surface area contributed by atoms with Crippen molar-refractivity contribution in [1.29, 1.82) is 0 Å². The summed E-state index contributed by atoms with van der Waals surface area (Å²) >= 11 is 0. The van der Waals surface area contributed by atoms with Crippen LogP contribution in [0.2, 0.25) is 0 Å². The van der Waals surface area contributed by atoms with Crippen LogP contribution in [0.4, 0.5) is 0 Å². The standard InChI is InChI=1S/C23H24O5/c1-4-28-20-11-9-15-7-5-6-8-17(15)19(20)14-18(23(24)25)16-10-12-21(26-2)22(13-16)27-3/h5-13,18H,4,14H2,1-3H3,(H,24,25). The maximum absolute atomic E-state index is 12.2. The van der Waals surface area contributed by atoms with Gasteiger partial charge in [-0.05, 0) is 47.9 Å². The maximum Gasteiger partial charge on any atom is 0.311 e. The maximum atomic E-state index is 12.2. The van der Waals surface area contributed by atoms with Gasteiger partial charge >= 0.3 is 5.97 Å². The minimum Gasteiger partial charge on any atom is -0.494 e. The first-order valence-corrected chi connectivity index (χ1v) is 9.17. The number of hydrogen-bond donors (Lipinski definition) is 1. The second-order valence-corrected chi connectivity index (χ2v) is 6.41. The summed E-state index contributed by atoms with van der Waals surface area (Å²) in [6.45, 7) is 2.43. The molecular weight excluding hydrogens is 356 g/mol. The van der Waals surface area contributed by atoms with Gasteiger partial charge in [-0.2, -0.15) is 0 Å². The van der Waals surface area contributed by atoms with Crippen molar-refractivity contribution in [2.24, 2.45) is 0 Å². The van der Waals surface area contributed by atoms with Crippen LogP contribution in [-0.4, -0.2) is 31.9 Å². The Kier molecular flexibility index (Phi) is 6.04. The Morgan fingerprint density at radius 2 is 1.68 bits per heavy atom. The van der Waals surface area contributed by atoms with Gasteiger partial charge in [-0.1, -0.05) is 36.4 Å². The van der Waals surface area contributed by atoms with Gasteiger partial charge in [0.05, 0.1) is 26.7 Å². The predicted octanol–water partition coefficient (Wildman–Crippen LogP) is 4.67. The van der Waals surface area contributed by atoms with Crippen LogP contribution in [0, 0.1) is 0 Å². The van der Waals surface area contributed by atoms with Crippen molar-refractivity contribution in [3.05, 3.63) is 65.7 Å². The van der Waals surface area contributed by atoms with Crippen molar-refractivity contribution in [2.75, 3.05) is 20.8 Å². The van der Waals surface area contributed by atoms with Crippen molar-refractivity contribution in [1.82, 2.24) is 0 Å². The number of hydrogen-bond acceptors (Lipinski definition) is 4. The van der Waals surface area contributed by atoms with Crippen LogP contribution in [0.15, 0.2) is 54.6 Å². The smallest absolute Gasteiger partial charge is 0.311 e. The second-order valence-electron chi connectivity index (χ2n) is 6.41. The monoisotopic (exact) mass is 380 g/mol. The minimum absolute atomic E-state index is 0.307. The molecule has 0 radical (unpaired) electrons. The lowest BCUT2D eigenvalue weighted by Gasteiger charge is -2.19. The number of carboxylic acid groups (broad SMARTS) is 1. The summed E-state index contributed by atoms with van der Waals surface area (Å²) in [7, 11) is 3.09. The quantitative estimate of drug-likeness (QED) is 0.615. The fraction of sp³-hybridized carbons (Fsp3) is 0.261. The molecule has 3 aromatic carbocycles. The third-order valence-electron chi connectivity index (χ3n) is 4.81. The van der Waals surface area contributed by atoms with Gasteiger partial charge in [0.1, 0.15) is 5.75 Å². The van der Waals surface area contributed by atoms with Crippen LogP contribution in [0.25, 0.3) is 10.8 Å². The van der Waals surface area contributed by atoms with Gasteiger partial charge < -0.3 is 19.3 Å². The highest BCUT2D eigenvalue weighted by atomic mass is 16.5. The van der Waals surface area contributed by atoms with Gasteiger partial charge in [0, 0.05) is 5.56 Å². The molecule has 3 aromatic rings. The molecule has 1 atom stereocenters. The van der Waals surface area contributed by atoms with Crippen molar-refractivity contribution in [3.8, 4) is 17.2 Å². The second kappa shape index (κ2) is 8.65. The number of benzene rings is 3. The molecule has 28 heavy (non-hydrogen) atoms. The lowest BCUT2D eigenvalue weighted by molar-refractivity contribution is -0.138. The molecule has 5 heteroatoms. The summed E-state index contributed by atoms with van der Waals surface area (Å²) in [6.07, 6.45) is 0.307. The van der Waals surface area contributed by atoms with Gasteiger partial charge in [-0.15, -0.1) is 0 Å². The predicted molar refractivity (Wildman–Crippen MR) is 109 cm³/mol. The molecule has 0 bridgehead atoms. The van der Waals surface area contributed by atoms with Crippen molar-refractivity contribution in [2.45, 2.75) is 19.3 Å². The topological polar surface area (TPSA) is 65.0 Å². The Hall–Kier alpha value is -3.21. The van der Waals surface area contributed by atoms with Gasteiger partial charge in [-0.3, -0.25) is 4.79 Å². The number of ether oxygens (including phenoxy) is 3. The summed E-state index contributed by atoms with van der Waals surface area (Å²) < 4.78 is 16.4. The van der Waals surface area contributed by atoms with Gasteiger partial charge in [-0.25, -0.2) is 0 Å². The largest absolute Gasteiger partial charge is 0.494 e. The van der Waals surface area contributed by atoms with Crippen LogP contribution in [0.1, 0.15) is 24.0 Å². The van der Waals surface area contributed by atoms with E-state index in [4.69, 9.17) is 14.2 Å². The zero-order chi connectivity index (χ0) is 20.1. The van der Waals surface area contributed by atoms with Crippen LogP contribution < -0.4 is 14.2 Å². The normalized spacial score (nSPS) is 11.8. The lowest BCUT2D eigenvalue weighted by Crippen LogP contribution is -2.15. The Bertz CT molecular complexity index is 980. The van der Waals surface area contributed by atoms with Crippen LogP contribution in [0.5, 0.6) is 17.2 Å². The van der Waals surface area contributed by atoms with Crippen molar-refractivity contribution < 1.29 is 24.1 Å². The highest BCUT2D eigenvalue weighted by molar-refractivity contribution is 5.89. The van der Waals surface area contributed by atoms with E-state index in [1.807, 2.05) is 43.3 Å². The average Bonchev–Trinajstić information content (AvgIpc) is 2.72. The molecule has 1 N–H and O–H groups in total.